The van der Waals surface area contributed by atoms with E-state index in [1.165, 1.54) is 11.1 Å². The van der Waals surface area contributed by atoms with Crippen molar-refractivity contribution in [3.05, 3.63) is 35.4 Å². The number of fused-ring (bicyclic) bond motifs is 1. The number of urea groups is 1. The lowest BCUT2D eigenvalue weighted by molar-refractivity contribution is -0.136. The molecule has 1 aromatic carbocycles. The van der Waals surface area contributed by atoms with Crippen LogP contribution in [0.15, 0.2) is 24.3 Å². The van der Waals surface area contributed by atoms with Crippen LogP contribution in [0.3, 0.4) is 0 Å². The molecule has 0 spiro atoms. The van der Waals surface area contributed by atoms with Gasteiger partial charge in [-0.05, 0) is 36.8 Å². The molecule has 2 N–H and O–H groups in total. The van der Waals surface area contributed by atoms with Crippen LogP contribution < -0.4 is 5.32 Å². The quantitative estimate of drug-likeness (QED) is 0.711. The summed E-state index contributed by atoms with van der Waals surface area (Å²) in [7, 11) is 0. The SMILES string of the molecule is O=C(CN1C(=O)CNC1=O)N1CCC[C@](O)(CN2CCc3ccccc3C2)CC1. The zero-order valence-corrected chi connectivity index (χ0v) is 16.6. The third-order valence-electron chi connectivity index (χ3n) is 6.23. The molecule has 29 heavy (non-hydrogen) atoms. The fourth-order valence-electron chi connectivity index (χ4n) is 4.54. The maximum Gasteiger partial charge on any atom is 0.325 e. The Balaban J connectivity index is 1.32. The van der Waals surface area contributed by atoms with E-state index in [9.17, 15) is 19.5 Å². The molecular weight excluding hydrogens is 372 g/mol. The Morgan fingerprint density at radius 1 is 1.10 bits per heavy atom. The lowest BCUT2D eigenvalue weighted by Crippen LogP contribution is -2.46. The maximum absolute atomic E-state index is 12.6. The number of nitrogens with one attached hydrogen (secondary N) is 1. The van der Waals surface area contributed by atoms with E-state index in [1.807, 2.05) is 0 Å². The largest absolute Gasteiger partial charge is 0.388 e. The molecule has 0 saturated carbocycles. The summed E-state index contributed by atoms with van der Waals surface area (Å²) < 4.78 is 0. The summed E-state index contributed by atoms with van der Waals surface area (Å²) >= 11 is 0. The minimum Gasteiger partial charge on any atom is -0.388 e. The molecule has 0 unspecified atom stereocenters. The fourth-order valence-corrected chi connectivity index (χ4v) is 4.54. The van der Waals surface area contributed by atoms with Gasteiger partial charge in [0.2, 0.25) is 5.91 Å². The molecule has 3 aliphatic rings. The number of hydrogen-bond acceptors (Lipinski definition) is 5. The normalized spacial score (nSPS) is 25.6. The number of hydrogen-bond donors (Lipinski definition) is 2. The molecule has 0 aliphatic carbocycles. The van der Waals surface area contributed by atoms with Gasteiger partial charge in [0.15, 0.2) is 0 Å². The molecule has 0 bridgehead atoms. The number of nitrogens with zero attached hydrogens (tertiary/aromatic N) is 3. The van der Waals surface area contributed by atoms with Gasteiger partial charge in [-0.25, -0.2) is 4.79 Å². The lowest BCUT2D eigenvalue weighted by atomic mass is 9.92. The number of carbonyl (C=O) groups is 3. The number of amides is 4. The molecular formula is C21H28N4O4. The number of carbonyl (C=O) groups excluding carboxylic acids is 3. The van der Waals surface area contributed by atoms with E-state index < -0.39 is 11.6 Å². The van der Waals surface area contributed by atoms with Crippen LogP contribution in [0.2, 0.25) is 0 Å². The Kier molecular flexibility index (Phi) is 5.56. The molecule has 8 heteroatoms. The zero-order chi connectivity index (χ0) is 20.4. The van der Waals surface area contributed by atoms with Gasteiger partial charge >= 0.3 is 6.03 Å². The van der Waals surface area contributed by atoms with Gasteiger partial charge in [-0.3, -0.25) is 19.4 Å². The minimum absolute atomic E-state index is 0.0508. The van der Waals surface area contributed by atoms with Crippen LogP contribution in [-0.2, 0) is 22.6 Å². The van der Waals surface area contributed by atoms with Gasteiger partial charge < -0.3 is 15.3 Å². The van der Waals surface area contributed by atoms with Crippen LogP contribution >= 0.6 is 0 Å². The van der Waals surface area contributed by atoms with Crippen molar-refractivity contribution in [2.75, 3.05) is 39.3 Å². The topological polar surface area (TPSA) is 93.2 Å². The van der Waals surface area contributed by atoms with E-state index in [1.54, 1.807) is 4.90 Å². The number of likely N-dealkylation sites (tertiary alicyclic amines) is 1. The van der Waals surface area contributed by atoms with Crippen molar-refractivity contribution in [3.63, 3.8) is 0 Å². The average Bonchev–Trinajstić information content (AvgIpc) is 2.90. The second kappa shape index (κ2) is 8.12. The molecule has 2 fully saturated rings. The van der Waals surface area contributed by atoms with Crippen molar-refractivity contribution >= 4 is 17.8 Å². The van der Waals surface area contributed by atoms with Crippen molar-refractivity contribution in [2.24, 2.45) is 0 Å². The highest BCUT2D eigenvalue weighted by Crippen LogP contribution is 2.27. The number of rotatable bonds is 4. The van der Waals surface area contributed by atoms with Crippen LogP contribution in [0.5, 0.6) is 0 Å². The first-order valence-corrected chi connectivity index (χ1v) is 10.3. The van der Waals surface area contributed by atoms with Crippen LogP contribution in [0.1, 0.15) is 30.4 Å². The molecule has 4 amide bonds. The third kappa shape index (κ3) is 4.43. The van der Waals surface area contributed by atoms with E-state index in [4.69, 9.17) is 0 Å². The first-order chi connectivity index (χ1) is 13.9. The minimum atomic E-state index is -0.831. The lowest BCUT2D eigenvalue weighted by Gasteiger charge is -2.36. The van der Waals surface area contributed by atoms with E-state index >= 15 is 0 Å². The maximum atomic E-state index is 12.6. The van der Waals surface area contributed by atoms with Crippen molar-refractivity contribution in [1.29, 1.82) is 0 Å². The summed E-state index contributed by atoms with van der Waals surface area (Å²) in [5, 5.41) is 13.6. The van der Waals surface area contributed by atoms with Gasteiger partial charge in [0.25, 0.3) is 5.91 Å². The standard InChI is InChI=1S/C21H28N4O4/c26-18-12-22-20(28)25(18)14-19(27)24-9-3-7-21(29,8-11-24)15-23-10-6-16-4-1-2-5-17(16)13-23/h1-2,4-5,29H,3,6-15H2,(H,22,28)/t21-/m1/s1. The molecule has 156 valence electrons. The Hall–Kier alpha value is -2.45. The first-order valence-electron chi connectivity index (χ1n) is 10.3. The van der Waals surface area contributed by atoms with Gasteiger partial charge in [0.05, 0.1) is 12.1 Å². The summed E-state index contributed by atoms with van der Waals surface area (Å²) in [5.41, 5.74) is 1.87. The molecule has 1 aromatic rings. The van der Waals surface area contributed by atoms with E-state index in [-0.39, 0.29) is 24.9 Å². The van der Waals surface area contributed by atoms with Gasteiger partial charge in [-0.15, -0.1) is 0 Å². The average molecular weight is 400 g/mol. The first kappa shape index (κ1) is 19.8. The summed E-state index contributed by atoms with van der Waals surface area (Å²) in [6.07, 6.45) is 2.82. The molecule has 1 atom stereocenters. The summed E-state index contributed by atoms with van der Waals surface area (Å²) in [6.45, 7) is 3.05. The zero-order valence-electron chi connectivity index (χ0n) is 16.6. The molecule has 2 saturated heterocycles. The van der Waals surface area contributed by atoms with Gasteiger partial charge in [-0.2, -0.15) is 0 Å². The van der Waals surface area contributed by atoms with E-state index in [2.05, 4.69) is 34.5 Å². The number of β-amino-alcohol motifs (C(OH)–C–C–N with tert-alkyl or cyclic N) is 1. The Labute approximate surface area is 170 Å². The highest BCUT2D eigenvalue weighted by molar-refractivity contribution is 6.04. The summed E-state index contributed by atoms with van der Waals surface area (Å²) in [4.78, 5) is 40.9. The monoisotopic (exact) mass is 400 g/mol. The molecule has 8 nitrogen and oxygen atoms in total. The third-order valence-corrected chi connectivity index (χ3v) is 6.23. The Bertz CT molecular complexity index is 798. The van der Waals surface area contributed by atoms with Crippen LogP contribution in [0.4, 0.5) is 4.79 Å². The molecule has 3 heterocycles. The van der Waals surface area contributed by atoms with Crippen molar-refractivity contribution in [1.82, 2.24) is 20.0 Å². The summed E-state index contributed by atoms with van der Waals surface area (Å²) in [6, 6.07) is 7.92. The van der Waals surface area contributed by atoms with Crippen molar-refractivity contribution < 1.29 is 19.5 Å². The molecule has 0 radical (unpaired) electrons. The smallest absolute Gasteiger partial charge is 0.325 e. The Morgan fingerprint density at radius 2 is 1.90 bits per heavy atom. The van der Waals surface area contributed by atoms with Gasteiger partial charge in [-0.1, -0.05) is 24.3 Å². The van der Waals surface area contributed by atoms with Crippen LogP contribution in [0.25, 0.3) is 0 Å². The van der Waals surface area contributed by atoms with Crippen molar-refractivity contribution in [2.45, 2.75) is 37.8 Å². The fraction of sp³-hybridized carbons (Fsp3) is 0.571. The predicted molar refractivity (Wildman–Crippen MR) is 106 cm³/mol. The number of aliphatic hydroxyl groups is 1. The molecule has 3 aliphatic heterocycles. The van der Waals surface area contributed by atoms with Gasteiger partial charge in [0, 0.05) is 32.7 Å². The molecule has 0 aromatic heterocycles. The summed E-state index contributed by atoms with van der Waals surface area (Å²) in [5.74, 6) is -0.619. The highest BCUT2D eigenvalue weighted by Gasteiger charge is 2.36. The molecule has 4 rings (SSSR count). The van der Waals surface area contributed by atoms with Crippen molar-refractivity contribution in [3.8, 4) is 0 Å². The second-order valence-electron chi connectivity index (χ2n) is 8.33. The van der Waals surface area contributed by atoms with Gasteiger partial charge in [0.1, 0.15) is 6.54 Å². The predicted octanol–water partition coefficient (Wildman–Crippen LogP) is 0.340. The van der Waals surface area contributed by atoms with Crippen LogP contribution in [0, 0.1) is 0 Å². The Morgan fingerprint density at radius 3 is 2.66 bits per heavy atom. The number of benzene rings is 1. The van der Waals surface area contributed by atoms with E-state index in [0.29, 0.717) is 38.9 Å². The van der Waals surface area contributed by atoms with E-state index in [0.717, 1.165) is 24.4 Å². The highest BCUT2D eigenvalue weighted by atomic mass is 16.3. The number of imide groups is 1. The second-order valence-corrected chi connectivity index (χ2v) is 8.33. The van der Waals surface area contributed by atoms with Crippen LogP contribution in [-0.4, -0.2) is 82.5 Å².